The van der Waals surface area contributed by atoms with E-state index >= 15 is 0 Å². The van der Waals surface area contributed by atoms with E-state index in [0.29, 0.717) is 28.8 Å². The topological polar surface area (TPSA) is 73.3 Å². The summed E-state index contributed by atoms with van der Waals surface area (Å²) in [6, 6.07) is 5.05. The molecule has 0 spiro atoms. The van der Waals surface area contributed by atoms with E-state index in [9.17, 15) is 4.79 Å². The molecule has 0 aliphatic rings. The van der Waals surface area contributed by atoms with Gasteiger partial charge in [0.1, 0.15) is 0 Å². The first-order valence-corrected chi connectivity index (χ1v) is 8.56. The van der Waals surface area contributed by atoms with Crippen molar-refractivity contribution in [1.82, 2.24) is 10.2 Å². The maximum absolute atomic E-state index is 12.2. The zero-order valence-electron chi connectivity index (χ0n) is 12.6. The number of carbonyl (C=O) groups is 1. The number of nitrogens with one attached hydrogen (secondary N) is 1. The van der Waals surface area contributed by atoms with Gasteiger partial charge in [0.2, 0.25) is 5.13 Å². The van der Waals surface area contributed by atoms with Gasteiger partial charge in [-0.25, -0.2) is 0 Å². The van der Waals surface area contributed by atoms with Crippen LogP contribution in [0.25, 0.3) is 0 Å². The second kappa shape index (κ2) is 8.00. The van der Waals surface area contributed by atoms with Crippen molar-refractivity contribution < 1.29 is 14.3 Å². The minimum Gasteiger partial charge on any atom is -0.493 e. The van der Waals surface area contributed by atoms with Crippen molar-refractivity contribution in [2.24, 2.45) is 0 Å². The molecule has 22 heavy (non-hydrogen) atoms. The minimum atomic E-state index is -0.259. The predicted octanol–water partition coefficient (Wildman–Crippen LogP) is 3.31. The number of benzene rings is 1. The van der Waals surface area contributed by atoms with Crippen molar-refractivity contribution >= 4 is 34.1 Å². The van der Waals surface area contributed by atoms with Gasteiger partial charge in [-0.1, -0.05) is 30.0 Å². The second-order valence-electron chi connectivity index (χ2n) is 4.06. The highest BCUT2D eigenvalue weighted by molar-refractivity contribution is 8.01. The average molecular weight is 339 g/mol. The van der Waals surface area contributed by atoms with Crippen LogP contribution >= 0.6 is 23.1 Å². The van der Waals surface area contributed by atoms with Gasteiger partial charge < -0.3 is 9.47 Å². The fourth-order valence-electron chi connectivity index (χ4n) is 1.69. The van der Waals surface area contributed by atoms with Crippen LogP contribution in [0.4, 0.5) is 5.13 Å². The highest BCUT2D eigenvalue weighted by Crippen LogP contribution is 2.29. The van der Waals surface area contributed by atoms with E-state index in [0.717, 1.165) is 10.1 Å². The fraction of sp³-hybridized carbons (Fsp3) is 0.357. The fourth-order valence-corrected chi connectivity index (χ4v) is 3.34. The van der Waals surface area contributed by atoms with Crippen LogP contribution in [-0.2, 0) is 0 Å². The lowest BCUT2D eigenvalue weighted by molar-refractivity contribution is 0.102. The van der Waals surface area contributed by atoms with Crippen LogP contribution in [0.3, 0.4) is 0 Å². The second-order valence-corrected chi connectivity index (χ2v) is 6.55. The summed E-state index contributed by atoms with van der Waals surface area (Å²) < 4.78 is 11.5. The van der Waals surface area contributed by atoms with Crippen LogP contribution in [0.2, 0.25) is 0 Å². The van der Waals surface area contributed by atoms with Gasteiger partial charge in [-0.3, -0.25) is 10.1 Å². The van der Waals surface area contributed by atoms with Crippen molar-refractivity contribution in [3.8, 4) is 11.5 Å². The van der Waals surface area contributed by atoms with E-state index in [-0.39, 0.29) is 5.91 Å². The molecule has 1 aromatic carbocycles. The van der Waals surface area contributed by atoms with Crippen molar-refractivity contribution in [3.05, 3.63) is 23.8 Å². The molecule has 0 aliphatic carbocycles. The predicted molar refractivity (Wildman–Crippen MR) is 88.4 cm³/mol. The average Bonchev–Trinajstić information content (AvgIpc) is 2.95. The van der Waals surface area contributed by atoms with Crippen LogP contribution in [0, 0.1) is 0 Å². The summed E-state index contributed by atoms with van der Waals surface area (Å²) >= 11 is 2.94. The lowest BCUT2D eigenvalue weighted by Crippen LogP contribution is -2.12. The maximum Gasteiger partial charge on any atom is 0.257 e. The lowest BCUT2D eigenvalue weighted by Gasteiger charge is -2.10. The highest BCUT2D eigenvalue weighted by Gasteiger charge is 2.13. The van der Waals surface area contributed by atoms with Crippen LogP contribution in [0.5, 0.6) is 11.5 Å². The van der Waals surface area contributed by atoms with E-state index < -0.39 is 0 Å². The van der Waals surface area contributed by atoms with E-state index in [2.05, 4.69) is 15.5 Å². The summed E-state index contributed by atoms with van der Waals surface area (Å²) in [6.45, 7) is 4.46. The summed E-state index contributed by atoms with van der Waals surface area (Å²) in [4.78, 5) is 12.2. The molecule has 0 bridgehead atoms. The summed E-state index contributed by atoms with van der Waals surface area (Å²) in [5, 5.41) is 11.2. The van der Waals surface area contributed by atoms with Crippen LogP contribution in [0.1, 0.15) is 24.2 Å². The number of ether oxygens (including phenoxy) is 2. The Kier molecular flexibility index (Phi) is 6.02. The summed E-state index contributed by atoms with van der Waals surface area (Å²) in [5.41, 5.74) is 0.472. The number of anilines is 1. The molecule has 1 aromatic heterocycles. The minimum absolute atomic E-state index is 0.259. The number of hydrogen-bond donors (Lipinski definition) is 1. The molecule has 8 heteroatoms. The monoisotopic (exact) mass is 339 g/mol. The molecule has 0 atom stereocenters. The number of rotatable bonds is 7. The first-order chi connectivity index (χ1) is 10.7. The van der Waals surface area contributed by atoms with Crippen molar-refractivity contribution in [3.63, 3.8) is 0 Å². The van der Waals surface area contributed by atoms with Crippen LogP contribution in [0.15, 0.2) is 22.5 Å². The van der Waals surface area contributed by atoms with E-state index in [1.165, 1.54) is 11.3 Å². The number of thioether (sulfide) groups is 1. The molecule has 6 nitrogen and oxygen atoms in total. The number of hydrogen-bond acceptors (Lipinski definition) is 7. The molecule has 1 N–H and O–H groups in total. The molecule has 0 saturated heterocycles. The molecule has 0 unspecified atom stereocenters. The Morgan fingerprint density at radius 3 is 2.82 bits per heavy atom. The normalized spacial score (nSPS) is 10.3. The Balaban J connectivity index is 2.11. The lowest BCUT2D eigenvalue weighted by atomic mass is 10.2. The first-order valence-electron chi connectivity index (χ1n) is 6.76. The Morgan fingerprint density at radius 1 is 1.32 bits per heavy atom. The Hall–Kier alpha value is -1.80. The standard InChI is InChI=1S/C14H17N3O3S2/c1-4-20-10-7-6-9(8-11(10)19-3)12(18)15-13-16-17-14(22-13)21-5-2/h6-8H,4-5H2,1-3H3,(H,15,16,18). The number of nitrogens with zero attached hydrogens (tertiary/aromatic N) is 2. The molecule has 0 aliphatic heterocycles. The van der Waals surface area contributed by atoms with Gasteiger partial charge in [-0.05, 0) is 30.9 Å². The van der Waals surface area contributed by atoms with Crippen LogP contribution in [-0.4, -0.2) is 35.6 Å². The number of aromatic nitrogens is 2. The summed E-state index contributed by atoms with van der Waals surface area (Å²) in [7, 11) is 1.54. The molecule has 1 amide bonds. The van der Waals surface area contributed by atoms with Crippen molar-refractivity contribution in [1.29, 1.82) is 0 Å². The van der Waals surface area contributed by atoms with Gasteiger partial charge in [-0.2, -0.15) is 0 Å². The zero-order chi connectivity index (χ0) is 15.9. The number of amides is 1. The molecule has 0 fully saturated rings. The number of carbonyl (C=O) groups excluding carboxylic acids is 1. The molecule has 1 heterocycles. The van der Waals surface area contributed by atoms with Gasteiger partial charge in [0.25, 0.3) is 5.91 Å². The smallest absolute Gasteiger partial charge is 0.257 e. The third-order valence-corrected chi connectivity index (χ3v) is 4.47. The molecular weight excluding hydrogens is 322 g/mol. The van der Waals surface area contributed by atoms with Gasteiger partial charge in [0.05, 0.1) is 13.7 Å². The van der Waals surface area contributed by atoms with Crippen LogP contribution < -0.4 is 14.8 Å². The Labute approximate surface area is 137 Å². The zero-order valence-corrected chi connectivity index (χ0v) is 14.2. The van der Waals surface area contributed by atoms with E-state index in [1.807, 2.05) is 13.8 Å². The SMILES string of the molecule is CCOc1ccc(C(=O)Nc2nnc(SCC)s2)cc1OC. The van der Waals surface area contributed by atoms with E-state index in [4.69, 9.17) is 9.47 Å². The highest BCUT2D eigenvalue weighted by atomic mass is 32.2. The molecule has 2 aromatic rings. The van der Waals surface area contributed by atoms with Gasteiger partial charge in [-0.15, -0.1) is 10.2 Å². The third kappa shape index (κ3) is 4.11. The number of methoxy groups -OCH3 is 1. The third-order valence-electron chi connectivity index (χ3n) is 2.62. The van der Waals surface area contributed by atoms with Crippen molar-refractivity contribution in [2.75, 3.05) is 24.8 Å². The molecule has 0 radical (unpaired) electrons. The van der Waals surface area contributed by atoms with E-state index in [1.54, 1.807) is 37.1 Å². The molecule has 2 rings (SSSR count). The van der Waals surface area contributed by atoms with Gasteiger partial charge in [0, 0.05) is 5.56 Å². The Bertz CT molecular complexity index is 646. The quantitative estimate of drug-likeness (QED) is 0.616. The van der Waals surface area contributed by atoms with Crippen molar-refractivity contribution in [2.45, 2.75) is 18.2 Å². The summed E-state index contributed by atoms with van der Waals surface area (Å²) in [6.07, 6.45) is 0. The first kappa shape index (κ1) is 16.6. The molecular formula is C14H17N3O3S2. The molecule has 118 valence electrons. The largest absolute Gasteiger partial charge is 0.493 e. The maximum atomic E-state index is 12.2. The van der Waals surface area contributed by atoms with Gasteiger partial charge >= 0.3 is 0 Å². The van der Waals surface area contributed by atoms with Gasteiger partial charge in [0.15, 0.2) is 15.8 Å². The molecule has 0 saturated carbocycles. The summed E-state index contributed by atoms with van der Waals surface area (Å²) in [5.74, 6) is 1.79. The Morgan fingerprint density at radius 2 is 2.14 bits per heavy atom.